The van der Waals surface area contributed by atoms with Gasteiger partial charge in [-0.3, -0.25) is 0 Å². The molecular formula is C9H13NO. The van der Waals surface area contributed by atoms with E-state index in [4.69, 9.17) is 4.42 Å². The van der Waals surface area contributed by atoms with Gasteiger partial charge in [-0.05, 0) is 12.8 Å². The number of hydrogen-bond acceptors (Lipinski definition) is 2. The van der Waals surface area contributed by atoms with Gasteiger partial charge in [0.2, 0.25) is 0 Å². The van der Waals surface area contributed by atoms with Crippen molar-refractivity contribution in [2.24, 2.45) is 0 Å². The van der Waals surface area contributed by atoms with Gasteiger partial charge in [-0.15, -0.1) is 0 Å². The summed E-state index contributed by atoms with van der Waals surface area (Å²) >= 11 is 0. The first-order valence-electron chi connectivity index (χ1n) is 4.36. The van der Waals surface area contributed by atoms with Crippen molar-refractivity contribution >= 4 is 0 Å². The van der Waals surface area contributed by atoms with Crippen molar-refractivity contribution in [1.29, 1.82) is 0 Å². The lowest BCUT2D eigenvalue weighted by molar-refractivity contribution is 0.363. The minimum atomic E-state index is 0.610. The van der Waals surface area contributed by atoms with Crippen LogP contribution in [-0.4, -0.2) is 4.98 Å². The van der Waals surface area contributed by atoms with E-state index in [0.717, 1.165) is 5.89 Å². The molecule has 0 aromatic carbocycles. The maximum absolute atomic E-state index is 5.26. The lowest BCUT2D eigenvalue weighted by Crippen LogP contribution is -2.04. The predicted molar refractivity (Wildman–Crippen MR) is 42.3 cm³/mol. The van der Waals surface area contributed by atoms with Crippen molar-refractivity contribution in [3.8, 4) is 0 Å². The maximum Gasteiger partial charge on any atom is 0.197 e. The maximum atomic E-state index is 5.26. The molecule has 60 valence electrons. The molecule has 0 bridgehead atoms. The van der Waals surface area contributed by atoms with Crippen molar-refractivity contribution in [3.63, 3.8) is 0 Å². The zero-order chi connectivity index (χ0) is 7.52. The molecule has 11 heavy (non-hydrogen) atoms. The molecule has 0 amide bonds. The van der Waals surface area contributed by atoms with Gasteiger partial charge in [0.15, 0.2) is 5.89 Å². The van der Waals surface area contributed by atoms with Gasteiger partial charge in [-0.25, -0.2) is 4.98 Å². The third-order valence-electron chi connectivity index (χ3n) is 2.41. The smallest absolute Gasteiger partial charge is 0.197 e. The first-order valence-corrected chi connectivity index (χ1v) is 4.36. The van der Waals surface area contributed by atoms with Crippen molar-refractivity contribution in [3.05, 3.63) is 18.4 Å². The molecular weight excluding hydrogens is 138 g/mol. The van der Waals surface area contributed by atoms with Gasteiger partial charge in [-0.1, -0.05) is 19.3 Å². The van der Waals surface area contributed by atoms with Crippen molar-refractivity contribution < 1.29 is 4.42 Å². The highest BCUT2D eigenvalue weighted by atomic mass is 16.3. The van der Waals surface area contributed by atoms with Crippen LogP contribution in [0.2, 0.25) is 0 Å². The van der Waals surface area contributed by atoms with Gasteiger partial charge >= 0.3 is 0 Å². The molecule has 1 fully saturated rings. The van der Waals surface area contributed by atoms with E-state index >= 15 is 0 Å². The normalized spacial score (nSPS) is 20.4. The van der Waals surface area contributed by atoms with E-state index in [1.807, 2.05) is 0 Å². The van der Waals surface area contributed by atoms with E-state index in [-0.39, 0.29) is 0 Å². The SMILES string of the molecule is c1coc(C2CCCCC2)n1. The van der Waals surface area contributed by atoms with Crippen LogP contribution in [0.25, 0.3) is 0 Å². The number of rotatable bonds is 1. The highest BCUT2D eigenvalue weighted by Crippen LogP contribution is 2.31. The Morgan fingerprint density at radius 2 is 2.09 bits per heavy atom. The van der Waals surface area contributed by atoms with Crippen LogP contribution >= 0.6 is 0 Å². The molecule has 1 aromatic rings. The summed E-state index contributed by atoms with van der Waals surface area (Å²) in [5, 5.41) is 0. The lowest BCUT2D eigenvalue weighted by atomic mass is 9.89. The molecule has 0 saturated heterocycles. The fourth-order valence-corrected chi connectivity index (χ4v) is 1.79. The molecule has 1 aliphatic carbocycles. The summed E-state index contributed by atoms with van der Waals surface area (Å²) in [6.07, 6.45) is 10.0. The molecule has 2 rings (SSSR count). The quantitative estimate of drug-likeness (QED) is 0.616. The standard InChI is InChI=1S/C9H13NO/c1-2-4-8(5-3-1)9-10-6-7-11-9/h6-8H,1-5H2. The van der Waals surface area contributed by atoms with E-state index in [2.05, 4.69) is 4.98 Å². The summed E-state index contributed by atoms with van der Waals surface area (Å²) in [6, 6.07) is 0. The summed E-state index contributed by atoms with van der Waals surface area (Å²) in [4.78, 5) is 4.17. The van der Waals surface area contributed by atoms with Crippen LogP contribution in [0.15, 0.2) is 16.9 Å². The number of nitrogens with zero attached hydrogens (tertiary/aromatic N) is 1. The van der Waals surface area contributed by atoms with E-state index in [0.29, 0.717) is 5.92 Å². The molecule has 1 aromatic heterocycles. The Hall–Kier alpha value is -0.790. The fourth-order valence-electron chi connectivity index (χ4n) is 1.79. The van der Waals surface area contributed by atoms with Gasteiger partial charge in [0.05, 0.1) is 6.20 Å². The van der Waals surface area contributed by atoms with Gasteiger partial charge in [0.25, 0.3) is 0 Å². The monoisotopic (exact) mass is 151 g/mol. The molecule has 0 unspecified atom stereocenters. The summed E-state index contributed by atoms with van der Waals surface area (Å²) in [5.74, 6) is 1.56. The minimum Gasteiger partial charge on any atom is -0.449 e. The molecule has 2 nitrogen and oxygen atoms in total. The summed E-state index contributed by atoms with van der Waals surface area (Å²) in [6.45, 7) is 0. The Kier molecular flexibility index (Phi) is 1.93. The molecule has 2 heteroatoms. The van der Waals surface area contributed by atoms with E-state index in [1.54, 1.807) is 12.5 Å². The molecule has 1 aliphatic rings. The van der Waals surface area contributed by atoms with Crippen LogP contribution in [0.1, 0.15) is 43.9 Å². The van der Waals surface area contributed by atoms with Gasteiger partial charge < -0.3 is 4.42 Å². The van der Waals surface area contributed by atoms with Crippen molar-refractivity contribution in [2.75, 3.05) is 0 Å². The highest BCUT2D eigenvalue weighted by molar-refractivity contribution is 4.92. The van der Waals surface area contributed by atoms with Crippen molar-refractivity contribution in [2.45, 2.75) is 38.0 Å². The topological polar surface area (TPSA) is 26.0 Å². The third-order valence-corrected chi connectivity index (χ3v) is 2.41. The molecule has 0 atom stereocenters. The molecule has 1 heterocycles. The van der Waals surface area contributed by atoms with Crippen molar-refractivity contribution in [1.82, 2.24) is 4.98 Å². The van der Waals surface area contributed by atoms with Crippen LogP contribution < -0.4 is 0 Å². The van der Waals surface area contributed by atoms with Crippen LogP contribution in [-0.2, 0) is 0 Å². The van der Waals surface area contributed by atoms with E-state index in [9.17, 15) is 0 Å². The van der Waals surface area contributed by atoms with Crippen LogP contribution in [0.4, 0.5) is 0 Å². The minimum absolute atomic E-state index is 0.610. The second-order valence-electron chi connectivity index (χ2n) is 3.21. The fraction of sp³-hybridized carbons (Fsp3) is 0.667. The lowest BCUT2D eigenvalue weighted by Gasteiger charge is -2.17. The molecule has 0 aliphatic heterocycles. The van der Waals surface area contributed by atoms with Gasteiger partial charge in [0.1, 0.15) is 6.26 Å². The molecule has 0 radical (unpaired) electrons. The highest BCUT2D eigenvalue weighted by Gasteiger charge is 2.18. The van der Waals surface area contributed by atoms with Crippen LogP contribution in [0, 0.1) is 0 Å². The average molecular weight is 151 g/mol. The Morgan fingerprint density at radius 3 is 2.73 bits per heavy atom. The largest absolute Gasteiger partial charge is 0.449 e. The van der Waals surface area contributed by atoms with Crippen LogP contribution in [0.5, 0.6) is 0 Å². The number of oxazole rings is 1. The average Bonchev–Trinajstić information content (AvgIpc) is 2.58. The number of hydrogen-bond donors (Lipinski definition) is 0. The summed E-state index contributed by atoms with van der Waals surface area (Å²) < 4.78 is 5.26. The third kappa shape index (κ3) is 1.44. The van der Waals surface area contributed by atoms with E-state index < -0.39 is 0 Å². The Balaban J connectivity index is 2.04. The molecule has 0 N–H and O–H groups in total. The zero-order valence-corrected chi connectivity index (χ0v) is 6.62. The van der Waals surface area contributed by atoms with Gasteiger partial charge in [0, 0.05) is 5.92 Å². The Morgan fingerprint density at radius 1 is 1.27 bits per heavy atom. The Labute approximate surface area is 66.6 Å². The Bertz CT molecular complexity index is 199. The zero-order valence-electron chi connectivity index (χ0n) is 6.62. The first kappa shape index (κ1) is 6.89. The number of aromatic nitrogens is 1. The summed E-state index contributed by atoms with van der Waals surface area (Å²) in [5.41, 5.74) is 0. The van der Waals surface area contributed by atoms with Crippen LogP contribution in [0.3, 0.4) is 0 Å². The van der Waals surface area contributed by atoms with Gasteiger partial charge in [-0.2, -0.15) is 0 Å². The van der Waals surface area contributed by atoms with E-state index in [1.165, 1.54) is 32.1 Å². The second kappa shape index (κ2) is 3.07. The predicted octanol–water partition coefficient (Wildman–Crippen LogP) is 2.72. The second-order valence-corrected chi connectivity index (χ2v) is 3.21. The molecule has 1 saturated carbocycles. The molecule has 0 spiro atoms. The first-order chi connectivity index (χ1) is 5.47. The summed E-state index contributed by atoms with van der Waals surface area (Å²) in [7, 11) is 0.